The molecule has 1 aliphatic rings. The molecule has 0 radical (unpaired) electrons. The Hall–Kier alpha value is -2.11. The number of aromatic amines is 1. The van der Waals surface area contributed by atoms with E-state index in [1.807, 2.05) is 6.92 Å². The van der Waals surface area contributed by atoms with Crippen molar-refractivity contribution in [2.24, 2.45) is 0 Å². The van der Waals surface area contributed by atoms with Crippen molar-refractivity contribution >= 4 is 5.97 Å². The van der Waals surface area contributed by atoms with E-state index in [-0.39, 0.29) is 11.5 Å². The van der Waals surface area contributed by atoms with Gasteiger partial charge < -0.3 is 14.6 Å². The molecule has 0 bridgehead atoms. The largest absolute Gasteiger partial charge is 0.477 e. The van der Waals surface area contributed by atoms with E-state index in [1.54, 1.807) is 0 Å². The van der Waals surface area contributed by atoms with Gasteiger partial charge in [0.25, 0.3) is 0 Å². The van der Waals surface area contributed by atoms with Crippen LogP contribution in [0.25, 0.3) is 11.4 Å². The molecule has 1 saturated carbocycles. The van der Waals surface area contributed by atoms with E-state index in [9.17, 15) is 9.90 Å². The van der Waals surface area contributed by atoms with Gasteiger partial charge in [-0.1, -0.05) is 5.16 Å². The summed E-state index contributed by atoms with van der Waals surface area (Å²) in [4.78, 5) is 18.3. The molecule has 1 fully saturated rings. The van der Waals surface area contributed by atoms with Crippen molar-refractivity contribution in [2.75, 3.05) is 0 Å². The van der Waals surface area contributed by atoms with E-state index in [2.05, 4.69) is 15.1 Å². The molecule has 3 rings (SSSR count). The monoisotopic (exact) mass is 233 g/mol. The average Bonchev–Trinajstić information content (AvgIpc) is 2.89. The molecule has 0 aliphatic heterocycles. The first kappa shape index (κ1) is 10.1. The zero-order chi connectivity index (χ0) is 12.0. The second kappa shape index (κ2) is 3.44. The van der Waals surface area contributed by atoms with E-state index in [1.165, 1.54) is 6.33 Å². The van der Waals surface area contributed by atoms with Gasteiger partial charge in [-0.2, -0.15) is 0 Å². The van der Waals surface area contributed by atoms with Crippen LogP contribution in [0.15, 0.2) is 10.9 Å². The van der Waals surface area contributed by atoms with Gasteiger partial charge in [0.15, 0.2) is 5.76 Å². The molecule has 17 heavy (non-hydrogen) atoms. The van der Waals surface area contributed by atoms with Crippen LogP contribution in [0.1, 0.15) is 40.6 Å². The Bertz CT molecular complexity index is 581. The summed E-state index contributed by atoms with van der Waals surface area (Å²) in [5.74, 6) is -0.318. The summed E-state index contributed by atoms with van der Waals surface area (Å²) in [5, 5.41) is 13.1. The molecule has 2 aromatic heterocycles. The van der Waals surface area contributed by atoms with Crippen molar-refractivity contribution in [1.29, 1.82) is 0 Å². The molecule has 0 saturated heterocycles. The van der Waals surface area contributed by atoms with Crippen LogP contribution in [0.4, 0.5) is 0 Å². The maximum atomic E-state index is 11.3. The Morgan fingerprint density at radius 2 is 2.29 bits per heavy atom. The fraction of sp³-hybridized carbons (Fsp3) is 0.364. The lowest BCUT2D eigenvalue weighted by atomic mass is 10.1. The number of carbonyl (C=O) groups is 1. The number of hydrogen-bond donors (Lipinski definition) is 2. The van der Waals surface area contributed by atoms with E-state index < -0.39 is 5.97 Å². The molecule has 2 N–H and O–H groups in total. The minimum absolute atomic E-state index is 0.155. The van der Waals surface area contributed by atoms with Gasteiger partial charge in [-0.05, 0) is 19.8 Å². The van der Waals surface area contributed by atoms with E-state index >= 15 is 0 Å². The third kappa shape index (κ3) is 1.52. The minimum atomic E-state index is -1.01. The predicted molar refractivity (Wildman–Crippen MR) is 57.8 cm³/mol. The van der Waals surface area contributed by atoms with E-state index in [4.69, 9.17) is 4.52 Å². The Morgan fingerprint density at radius 3 is 2.82 bits per heavy atom. The molecular formula is C11H11N3O3. The lowest BCUT2D eigenvalue weighted by Gasteiger charge is -1.96. The topological polar surface area (TPSA) is 92.0 Å². The second-order valence-electron chi connectivity index (χ2n) is 4.23. The summed E-state index contributed by atoms with van der Waals surface area (Å²) in [6.45, 7) is 1.82. The maximum Gasteiger partial charge on any atom is 0.341 e. The number of nitrogens with one attached hydrogen (secondary N) is 1. The summed E-state index contributed by atoms with van der Waals surface area (Å²) in [6, 6.07) is 0. The van der Waals surface area contributed by atoms with Gasteiger partial charge in [-0.15, -0.1) is 0 Å². The summed E-state index contributed by atoms with van der Waals surface area (Å²) < 4.78 is 5.18. The summed E-state index contributed by atoms with van der Waals surface area (Å²) in [5.41, 5.74) is 1.79. The van der Waals surface area contributed by atoms with E-state index in [0.29, 0.717) is 17.1 Å². The molecule has 2 heterocycles. The van der Waals surface area contributed by atoms with Crippen molar-refractivity contribution in [2.45, 2.75) is 25.7 Å². The molecule has 0 unspecified atom stereocenters. The van der Waals surface area contributed by atoms with Crippen molar-refractivity contribution < 1.29 is 14.4 Å². The van der Waals surface area contributed by atoms with Gasteiger partial charge in [-0.3, -0.25) is 0 Å². The number of aryl methyl sites for hydroxylation is 1. The molecule has 6 nitrogen and oxygen atoms in total. The molecule has 0 atom stereocenters. The highest BCUT2D eigenvalue weighted by Gasteiger charge is 2.36. The average molecular weight is 233 g/mol. The first-order valence-corrected chi connectivity index (χ1v) is 5.41. The molecule has 1 aliphatic carbocycles. The Labute approximate surface area is 96.7 Å². The van der Waals surface area contributed by atoms with Crippen LogP contribution < -0.4 is 0 Å². The number of carboxylic acid groups (broad SMARTS) is 1. The van der Waals surface area contributed by atoms with Crippen molar-refractivity contribution in [3.8, 4) is 11.4 Å². The third-order valence-electron chi connectivity index (χ3n) is 2.93. The highest BCUT2D eigenvalue weighted by molar-refractivity contribution is 5.95. The summed E-state index contributed by atoms with van der Waals surface area (Å²) in [7, 11) is 0. The smallest absolute Gasteiger partial charge is 0.341 e. The van der Waals surface area contributed by atoms with Gasteiger partial charge >= 0.3 is 5.97 Å². The Balaban J connectivity index is 2.17. The van der Waals surface area contributed by atoms with Crippen molar-refractivity contribution in [3.05, 3.63) is 23.3 Å². The third-order valence-corrected chi connectivity index (χ3v) is 2.93. The summed E-state index contributed by atoms with van der Waals surface area (Å²) in [6.07, 6.45) is 3.45. The fourth-order valence-corrected chi connectivity index (χ4v) is 1.89. The quantitative estimate of drug-likeness (QED) is 0.845. The minimum Gasteiger partial charge on any atom is -0.477 e. The maximum absolute atomic E-state index is 11.3. The molecular weight excluding hydrogens is 222 g/mol. The van der Waals surface area contributed by atoms with E-state index in [0.717, 1.165) is 18.5 Å². The van der Waals surface area contributed by atoms with Gasteiger partial charge in [-0.25, -0.2) is 9.78 Å². The van der Waals surface area contributed by atoms with Gasteiger partial charge in [0, 0.05) is 11.6 Å². The molecule has 6 heteroatoms. The van der Waals surface area contributed by atoms with Crippen LogP contribution in [-0.2, 0) is 0 Å². The summed E-state index contributed by atoms with van der Waals surface area (Å²) >= 11 is 0. The molecule has 2 aromatic rings. The lowest BCUT2D eigenvalue weighted by Crippen LogP contribution is -2.01. The van der Waals surface area contributed by atoms with Crippen LogP contribution >= 0.6 is 0 Å². The van der Waals surface area contributed by atoms with Crippen molar-refractivity contribution in [3.63, 3.8) is 0 Å². The highest BCUT2D eigenvalue weighted by atomic mass is 16.5. The first-order valence-electron chi connectivity index (χ1n) is 5.41. The number of aromatic carboxylic acids is 1. The Kier molecular flexibility index (Phi) is 2.04. The Morgan fingerprint density at radius 1 is 1.53 bits per heavy atom. The first-order chi connectivity index (χ1) is 8.18. The molecule has 0 spiro atoms. The SMILES string of the molecule is Cc1[nH]cnc1-c1noc(C2CC2)c1C(=O)O. The second-order valence-corrected chi connectivity index (χ2v) is 4.23. The molecule has 88 valence electrons. The zero-order valence-electron chi connectivity index (χ0n) is 9.23. The fourth-order valence-electron chi connectivity index (χ4n) is 1.89. The van der Waals surface area contributed by atoms with Gasteiger partial charge in [0.1, 0.15) is 17.0 Å². The number of imidazole rings is 1. The molecule has 0 amide bonds. The normalized spacial score (nSPS) is 15.1. The molecule has 0 aromatic carbocycles. The van der Waals surface area contributed by atoms with Crippen LogP contribution in [0.2, 0.25) is 0 Å². The van der Waals surface area contributed by atoms with Crippen LogP contribution in [0.3, 0.4) is 0 Å². The predicted octanol–water partition coefficient (Wildman–Crippen LogP) is 1.95. The number of hydrogen-bond acceptors (Lipinski definition) is 4. The number of H-pyrrole nitrogens is 1. The van der Waals surface area contributed by atoms with Crippen LogP contribution in [-0.4, -0.2) is 26.2 Å². The van der Waals surface area contributed by atoms with Crippen LogP contribution in [0.5, 0.6) is 0 Å². The number of carboxylic acids is 1. The van der Waals surface area contributed by atoms with Crippen molar-refractivity contribution in [1.82, 2.24) is 15.1 Å². The number of rotatable bonds is 3. The van der Waals surface area contributed by atoms with Gasteiger partial charge in [0.05, 0.1) is 6.33 Å². The zero-order valence-corrected chi connectivity index (χ0v) is 9.23. The van der Waals surface area contributed by atoms with Crippen LogP contribution in [0, 0.1) is 6.92 Å². The number of aromatic nitrogens is 3. The number of nitrogens with zero attached hydrogens (tertiary/aromatic N) is 2. The van der Waals surface area contributed by atoms with Gasteiger partial charge in [0.2, 0.25) is 0 Å². The highest BCUT2D eigenvalue weighted by Crippen LogP contribution is 2.43. The lowest BCUT2D eigenvalue weighted by molar-refractivity contribution is 0.0695. The standard InChI is InChI=1S/C11H11N3O3/c1-5-8(13-4-12-5)9-7(11(15)16)10(17-14-9)6-2-3-6/h4,6H,2-3H2,1H3,(H,12,13)(H,15,16).